The lowest BCUT2D eigenvalue weighted by atomic mass is 10.2. The molecule has 3 aromatic rings. The molecule has 0 radical (unpaired) electrons. The average Bonchev–Trinajstić information content (AvgIpc) is 2.79. The SMILES string of the molecule is O=C(CNC(=O)c1cccc(F)c1)N/N=C/c1cc(Br)cc(Br)c1OC(=O)c1ccccc1Br. The number of amides is 2. The summed E-state index contributed by atoms with van der Waals surface area (Å²) in [4.78, 5) is 36.7. The maximum absolute atomic E-state index is 13.2. The van der Waals surface area contributed by atoms with E-state index in [1.807, 2.05) is 0 Å². The van der Waals surface area contributed by atoms with Crippen LogP contribution in [0.2, 0.25) is 0 Å². The molecule has 0 unspecified atom stereocenters. The second kappa shape index (κ2) is 12.0. The maximum Gasteiger partial charge on any atom is 0.344 e. The summed E-state index contributed by atoms with van der Waals surface area (Å²) in [6, 6.07) is 15.3. The third-order valence-corrected chi connectivity index (χ3v) is 5.95. The molecule has 7 nitrogen and oxygen atoms in total. The summed E-state index contributed by atoms with van der Waals surface area (Å²) in [5.74, 6) is -2.16. The van der Waals surface area contributed by atoms with Gasteiger partial charge in [-0.15, -0.1) is 0 Å². The van der Waals surface area contributed by atoms with E-state index in [9.17, 15) is 18.8 Å². The van der Waals surface area contributed by atoms with Gasteiger partial charge in [-0.3, -0.25) is 9.59 Å². The van der Waals surface area contributed by atoms with E-state index in [1.54, 1.807) is 36.4 Å². The van der Waals surface area contributed by atoms with Crippen molar-refractivity contribution in [2.45, 2.75) is 0 Å². The van der Waals surface area contributed by atoms with Crippen molar-refractivity contribution in [3.63, 3.8) is 0 Å². The Labute approximate surface area is 219 Å². The highest BCUT2D eigenvalue weighted by molar-refractivity contribution is 9.11. The molecule has 0 aromatic heterocycles. The molecule has 2 amide bonds. The largest absolute Gasteiger partial charge is 0.421 e. The molecule has 0 spiro atoms. The number of halogens is 4. The van der Waals surface area contributed by atoms with Crippen molar-refractivity contribution in [3.8, 4) is 5.75 Å². The van der Waals surface area contributed by atoms with E-state index in [0.29, 0.717) is 24.5 Å². The minimum Gasteiger partial charge on any atom is -0.421 e. The molecule has 3 rings (SSSR count). The van der Waals surface area contributed by atoms with Gasteiger partial charge in [0.05, 0.1) is 22.8 Å². The summed E-state index contributed by atoms with van der Waals surface area (Å²) in [5, 5.41) is 6.24. The zero-order valence-electron chi connectivity index (χ0n) is 17.2. The van der Waals surface area contributed by atoms with Crippen LogP contribution < -0.4 is 15.5 Å². The molecule has 0 aliphatic carbocycles. The summed E-state index contributed by atoms with van der Waals surface area (Å²) in [7, 11) is 0. The number of nitrogens with zero attached hydrogens (tertiary/aromatic N) is 1. The van der Waals surface area contributed by atoms with Crippen LogP contribution in [-0.2, 0) is 4.79 Å². The zero-order valence-corrected chi connectivity index (χ0v) is 21.9. The van der Waals surface area contributed by atoms with Crippen LogP contribution >= 0.6 is 47.8 Å². The van der Waals surface area contributed by atoms with Crippen LogP contribution in [0.25, 0.3) is 0 Å². The van der Waals surface area contributed by atoms with E-state index in [0.717, 1.165) is 6.07 Å². The Morgan fingerprint density at radius 3 is 2.47 bits per heavy atom. The van der Waals surface area contributed by atoms with Crippen LogP contribution in [0.4, 0.5) is 4.39 Å². The second-order valence-electron chi connectivity index (χ2n) is 6.66. The van der Waals surface area contributed by atoms with Gasteiger partial charge in [-0.2, -0.15) is 5.10 Å². The van der Waals surface area contributed by atoms with Crippen LogP contribution in [0.5, 0.6) is 5.75 Å². The summed E-state index contributed by atoms with van der Waals surface area (Å²) in [6.45, 7) is -0.376. The molecule has 174 valence electrons. The summed E-state index contributed by atoms with van der Waals surface area (Å²) >= 11 is 10.0. The number of carbonyl (C=O) groups is 3. The fourth-order valence-corrected chi connectivity index (χ4v) is 4.45. The van der Waals surface area contributed by atoms with Crippen molar-refractivity contribution in [1.29, 1.82) is 0 Å². The quantitative estimate of drug-likeness (QED) is 0.158. The van der Waals surface area contributed by atoms with Crippen LogP contribution in [0.1, 0.15) is 26.3 Å². The Kier molecular flexibility index (Phi) is 9.08. The van der Waals surface area contributed by atoms with Crippen LogP contribution in [0, 0.1) is 5.82 Å². The van der Waals surface area contributed by atoms with Gasteiger partial charge in [0, 0.05) is 20.1 Å². The van der Waals surface area contributed by atoms with Gasteiger partial charge >= 0.3 is 5.97 Å². The molecule has 0 saturated carbocycles. The Hall–Kier alpha value is -2.89. The maximum atomic E-state index is 13.2. The predicted octanol–water partition coefficient (Wildman–Crippen LogP) is 5.21. The van der Waals surface area contributed by atoms with Gasteiger partial charge in [-0.25, -0.2) is 14.6 Å². The minimum atomic E-state index is -0.609. The number of rotatable bonds is 7. The standard InChI is InChI=1S/C23H15Br3FN3O4/c24-15-8-14(21(19(26)10-15)34-23(33)17-6-1-2-7-18(17)25)11-29-30-20(31)12-28-22(32)13-4-3-5-16(27)9-13/h1-11H,12H2,(H,28,32)(H,30,31)/b29-11+. The monoisotopic (exact) mass is 653 g/mol. The van der Waals surface area contributed by atoms with Crippen LogP contribution in [-0.4, -0.2) is 30.5 Å². The number of ether oxygens (including phenoxy) is 1. The number of nitrogens with one attached hydrogen (secondary N) is 2. The number of benzene rings is 3. The fourth-order valence-electron chi connectivity index (χ4n) is 2.66. The van der Waals surface area contributed by atoms with Crippen molar-refractivity contribution in [3.05, 3.63) is 96.6 Å². The first kappa shape index (κ1) is 25.7. The van der Waals surface area contributed by atoms with Crippen molar-refractivity contribution in [2.75, 3.05) is 6.54 Å². The van der Waals surface area contributed by atoms with Gasteiger partial charge in [-0.1, -0.05) is 34.1 Å². The van der Waals surface area contributed by atoms with Gasteiger partial charge < -0.3 is 10.1 Å². The molecule has 3 aromatic carbocycles. The molecule has 2 N–H and O–H groups in total. The molecular formula is C23H15Br3FN3O4. The van der Waals surface area contributed by atoms with Crippen LogP contribution in [0.15, 0.2) is 79.2 Å². The highest BCUT2D eigenvalue weighted by atomic mass is 79.9. The number of hydrogen-bond donors (Lipinski definition) is 2. The number of hydrogen-bond acceptors (Lipinski definition) is 5. The van der Waals surface area contributed by atoms with Crippen molar-refractivity contribution >= 4 is 71.8 Å². The number of hydrazone groups is 1. The molecule has 0 fully saturated rings. The van der Waals surface area contributed by atoms with Gasteiger partial charge in [0.25, 0.3) is 11.8 Å². The van der Waals surface area contributed by atoms with Gasteiger partial charge in [0.15, 0.2) is 5.75 Å². The molecule has 34 heavy (non-hydrogen) atoms. The third kappa shape index (κ3) is 7.05. The van der Waals surface area contributed by atoms with E-state index in [2.05, 4.69) is 63.6 Å². The predicted molar refractivity (Wildman–Crippen MR) is 135 cm³/mol. The Morgan fingerprint density at radius 2 is 1.74 bits per heavy atom. The lowest BCUT2D eigenvalue weighted by molar-refractivity contribution is -0.120. The lowest BCUT2D eigenvalue weighted by Crippen LogP contribution is -2.34. The van der Waals surface area contributed by atoms with Gasteiger partial charge in [0.1, 0.15) is 5.82 Å². The molecule has 0 saturated heterocycles. The highest BCUT2D eigenvalue weighted by Gasteiger charge is 2.17. The zero-order chi connectivity index (χ0) is 24.7. The molecule has 11 heteroatoms. The molecule has 0 atom stereocenters. The van der Waals surface area contributed by atoms with E-state index in [4.69, 9.17) is 4.74 Å². The normalized spacial score (nSPS) is 10.7. The van der Waals surface area contributed by atoms with E-state index in [-0.39, 0.29) is 17.9 Å². The Balaban J connectivity index is 1.66. The average molecular weight is 656 g/mol. The number of carbonyl (C=O) groups excluding carboxylic acids is 3. The first-order chi connectivity index (χ1) is 16.2. The van der Waals surface area contributed by atoms with Gasteiger partial charge in [0.2, 0.25) is 0 Å². The summed E-state index contributed by atoms with van der Waals surface area (Å²) < 4.78 is 20.5. The lowest BCUT2D eigenvalue weighted by Gasteiger charge is -2.11. The molecular weight excluding hydrogens is 641 g/mol. The van der Waals surface area contributed by atoms with E-state index < -0.39 is 23.6 Å². The summed E-state index contributed by atoms with van der Waals surface area (Å²) in [6.07, 6.45) is 1.30. The van der Waals surface area contributed by atoms with Crippen molar-refractivity contribution < 1.29 is 23.5 Å². The molecule has 0 aliphatic heterocycles. The smallest absolute Gasteiger partial charge is 0.344 e. The van der Waals surface area contributed by atoms with Crippen molar-refractivity contribution in [1.82, 2.24) is 10.7 Å². The topological polar surface area (TPSA) is 96.9 Å². The summed E-state index contributed by atoms with van der Waals surface area (Å²) in [5.41, 5.74) is 3.09. The van der Waals surface area contributed by atoms with E-state index >= 15 is 0 Å². The highest BCUT2D eigenvalue weighted by Crippen LogP contribution is 2.33. The first-order valence-corrected chi connectivity index (χ1v) is 11.9. The number of esters is 1. The van der Waals surface area contributed by atoms with E-state index in [1.165, 1.54) is 24.4 Å². The fraction of sp³-hybridized carbons (Fsp3) is 0.0435. The first-order valence-electron chi connectivity index (χ1n) is 9.56. The van der Waals surface area contributed by atoms with Crippen LogP contribution in [0.3, 0.4) is 0 Å². The third-order valence-electron chi connectivity index (χ3n) is 4.21. The molecule has 0 aliphatic rings. The Bertz CT molecular complexity index is 1280. The molecule has 0 heterocycles. The Morgan fingerprint density at radius 1 is 0.971 bits per heavy atom. The molecule has 0 bridgehead atoms. The van der Waals surface area contributed by atoms with Crippen molar-refractivity contribution in [2.24, 2.45) is 5.10 Å². The minimum absolute atomic E-state index is 0.0896. The second-order valence-corrected chi connectivity index (χ2v) is 9.29. The van der Waals surface area contributed by atoms with Gasteiger partial charge in [-0.05, 0) is 74.3 Å².